The third kappa shape index (κ3) is 2.55. The monoisotopic (exact) mass is 275 g/mol. The Bertz CT molecular complexity index is 504. The molecule has 0 amide bonds. The molecule has 2 saturated heterocycles. The van der Waals surface area contributed by atoms with Crippen LogP contribution in [-0.4, -0.2) is 35.5 Å². The van der Waals surface area contributed by atoms with Crippen molar-refractivity contribution in [2.24, 2.45) is 5.92 Å². The third-order valence-corrected chi connectivity index (χ3v) is 4.68. The van der Waals surface area contributed by atoms with Crippen LogP contribution in [0.3, 0.4) is 0 Å². The molecule has 0 spiro atoms. The van der Waals surface area contributed by atoms with Gasteiger partial charge in [0.25, 0.3) is 5.69 Å². The number of piperidine rings is 1. The van der Waals surface area contributed by atoms with Gasteiger partial charge in [-0.3, -0.25) is 15.0 Å². The van der Waals surface area contributed by atoms with Crippen LogP contribution >= 0.6 is 0 Å². The molecular formula is C15H21N3O2. The summed E-state index contributed by atoms with van der Waals surface area (Å²) < 4.78 is 0. The molecule has 0 aromatic heterocycles. The predicted molar refractivity (Wildman–Crippen MR) is 77.6 cm³/mol. The minimum atomic E-state index is -0.288. The van der Waals surface area contributed by atoms with Crippen molar-refractivity contribution in [3.63, 3.8) is 0 Å². The Balaban J connectivity index is 1.72. The van der Waals surface area contributed by atoms with E-state index in [-0.39, 0.29) is 10.6 Å². The molecule has 0 bridgehead atoms. The Morgan fingerprint density at radius 1 is 1.45 bits per heavy atom. The van der Waals surface area contributed by atoms with Gasteiger partial charge in [0, 0.05) is 37.3 Å². The van der Waals surface area contributed by atoms with E-state index in [9.17, 15) is 10.1 Å². The van der Waals surface area contributed by atoms with Gasteiger partial charge >= 0.3 is 0 Å². The van der Waals surface area contributed by atoms with Crippen LogP contribution in [0.1, 0.15) is 24.0 Å². The maximum Gasteiger partial charge on any atom is 0.272 e. The van der Waals surface area contributed by atoms with Gasteiger partial charge in [0.15, 0.2) is 0 Å². The largest absolute Gasteiger partial charge is 0.312 e. The van der Waals surface area contributed by atoms with Crippen molar-refractivity contribution in [1.29, 1.82) is 0 Å². The zero-order valence-corrected chi connectivity index (χ0v) is 11.8. The number of nitrogens with zero attached hydrogens (tertiary/aromatic N) is 2. The minimum Gasteiger partial charge on any atom is -0.312 e. The highest BCUT2D eigenvalue weighted by molar-refractivity contribution is 5.44. The minimum absolute atomic E-state index is 0.234. The molecule has 2 unspecified atom stereocenters. The van der Waals surface area contributed by atoms with E-state index >= 15 is 0 Å². The maximum atomic E-state index is 11.0. The molecule has 5 heteroatoms. The fraction of sp³-hybridized carbons (Fsp3) is 0.600. The van der Waals surface area contributed by atoms with Crippen LogP contribution in [0.5, 0.6) is 0 Å². The van der Waals surface area contributed by atoms with Gasteiger partial charge in [-0.25, -0.2) is 0 Å². The first-order valence-corrected chi connectivity index (χ1v) is 7.34. The summed E-state index contributed by atoms with van der Waals surface area (Å²) in [6.45, 7) is 5.98. The smallest absolute Gasteiger partial charge is 0.272 e. The normalized spacial score (nSPS) is 26.4. The van der Waals surface area contributed by atoms with Crippen LogP contribution in [0.25, 0.3) is 0 Å². The lowest BCUT2D eigenvalue weighted by atomic mass is 9.94. The molecule has 0 aliphatic carbocycles. The Hall–Kier alpha value is -1.46. The highest BCUT2D eigenvalue weighted by atomic mass is 16.6. The van der Waals surface area contributed by atoms with Crippen molar-refractivity contribution < 1.29 is 4.92 Å². The first-order chi connectivity index (χ1) is 9.65. The van der Waals surface area contributed by atoms with Gasteiger partial charge in [-0.15, -0.1) is 0 Å². The van der Waals surface area contributed by atoms with E-state index in [0.717, 1.165) is 43.2 Å². The standard InChI is InChI=1S/C15H21N3O2/c1-11-12(4-2-6-15(11)18(19)20)8-17-9-13-5-3-7-16-14(13)10-17/h2,4,6,13-14,16H,3,5,7-10H2,1H3. The molecule has 2 heterocycles. The summed E-state index contributed by atoms with van der Waals surface area (Å²) in [4.78, 5) is 13.1. The van der Waals surface area contributed by atoms with E-state index in [4.69, 9.17) is 0 Å². The van der Waals surface area contributed by atoms with Gasteiger partial charge in [-0.2, -0.15) is 0 Å². The topological polar surface area (TPSA) is 58.4 Å². The summed E-state index contributed by atoms with van der Waals surface area (Å²) in [6, 6.07) is 6.01. The SMILES string of the molecule is Cc1c(CN2CC3CCCNC3C2)cccc1[N+](=O)[O-]. The third-order valence-electron chi connectivity index (χ3n) is 4.68. The Morgan fingerprint density at radius 2 is 2.30 bits per heavy atom. The van der Waals surface area contributed by atoms with Crippen LogP contribution in [-0.2, 0) is 6.54 Å². The summed E-state index contributed by atoms with van der Waals surface area (Å²) in [6.07, 6.45) is 2.58. The van der Waals surface area contributed by atoms with Gasteiger partial charge in [-0.05, 0) is 37.8 Å². The summed E-state index contributed by atoms with van der Waals surface area (Å²) in [5.41, 5.74) is 2.12. The Kier molecular flexibility index (Phi) is 3.72. The first kappa shape index (κ1) is 13.5. The molecule has 5 nitrogen and oxygen atoms in total. The van der Waals surface area contributed by atoms with Crippen LogP contribution in [0.4, 0.5) is 5.69 Å². The molecule has 2 aliphatic rings. The van der Waals surface area contributed by atoms with Gasteiger partial charge in [0.05, 0.1) is 4.92 Å². The second-order valence-electron chi connectivity index (χ2n) is 5.98. The fourth-order valence-electron chi connectivity index (χ4n) is 3.55. The van der Waals surface area contributed by atoms with Crippen LogP contribution in [0.15, 0.2) is 18.2 Å². The summed E-state index contributed by atoms with van der Waals surface area (Å²) in [5, 5.41) is 14.6. The van der Waals surface area contributed by atoms with Gasteiger partial charge in [0.1, 0.15) is 0 Å². The molecule has 2 fully saturated rings. The number of nitro benzene ring substituents is 1. The average Bonchev–Trinajstić information content (AvgIpc) is 2.83. The predicted octanol–water partition coefficient (Wildman–Crippen LogP) is 2.09. The van der Waals surface area contributed by atoms with E-state index in [1.54, 1.807) is 12.1 Å². The fourth-order valence-corrected chi connectivity index (χ4v) is 3.55. The zero-order valence-electron chi connectivity index (χ0n) is 11.8. The molecule has 1 aromatic carbocycles. The number of benzene rings is 1. The molecule has 0 saturated carbocycles. The zero-order chi connectivity index (χ0) is 14.1. The van der Waals surface area contributed by atoms with Crippen LogP contribution in [0.2, 0.25) is 0 Å². The van der Waals surface area contributed by atoms with Crippen molar-refractivity contribution in [3.05, 3.63) is 39.4 Å². The molecule has 20 heavy (non-hydrogen) atoms. The van der Waals surface area contributed by atoms with Crippen LogP contribution < -0.4 is 5.32 Å². The number of hydrogen-bond donors (Lipinski definition) is 1. The molecule has 1 N–H and O–H groups in total. The highest BCUT2D eigenvalue weighted by Gasteiger charge is 2.34. The lowest BCUT2D eigenvalue weighted by Crippen LogP contribution is -2.40. The van der Waals surface area contributed by atoms with Crippen molar-refractivity contribution in [2.45, 2.75) is 32.4 Å². The van der Waals surface area contributed by atoms with Gasteiger partial charge < -0.3 is 5.32 Å². The van der Waals surface area contributed by atoms with Gasteiger partial charge in [-0.1, -0.05) is 12.1 Å². The second-order valence-corrected chi connectivity index (χ2v) is 5.98. The first-order valence-electron chi connectivity index (χ1n) is 7.34. The Morgan fingerprint density at radius 3 is 3.05 bits per heavy atom. The average molecular weight is 275 g/mol. The Labute approximate surface area is 119 Å². The van der Waals surface area contributed by atoms with Crippen molar-refractivity contribution in [2.75, 3.05) is 19.6 Å². The van der Waals surface area contributed by atoms with Crippen molar-refractivity contribution in [3.8, 4) is 0 Å². The molecule has 3 rings (SSSR count). The number of nitro groups is 1. The summed E-state index contributed by atoms with van der Waals surface area (Å²) >= 11 is 0. The highest BCUT2D eigenvalue weighted by Crippen LogP contribution is 2.28. The van der Waals surface area contributed by atoms with E-state index in [2.05, 4.69) is 10.2 Å². The van der Waals surface area contributed by atoms with E-state index in [1.165, 1.54) is 12.8 Å². The number of nitrogens with one attached hydrogen (secondary N) is 1. The number of rotatable bonds is 3. The number of likely N-dealkylation sites (tertiary alicyclic amines) is 1. The number of hydrogen-bond acceptors (Lipinski definition) is 4. The van der Waals surface area contributed by atoms with Crippen molar-refractivity contribution >= 4 is 5.69 Å². The molecule has 0 radical (unpaired) electrons. The summed E-state index contributed by atoms with van der Waals surface area (Å²) in [5.74, 6) is 0.753. The van der Waals surface area contributed by atoms with E-state index in [1.807, 2.05) is 13.0 Å². The van der Waals surface area contributed by atoms with E-state index in [0.29, 0.717) is 6.04 Å². The number of fused-ring (bicyclic) bond motifs is 1. The van der Waals surface area contributed by atoms with Crippen LogP contribution in [0, 0.1) is 23.0 Å². The molecule has 2 aliphatic heterocycles. The molecule has 1 aromatic rings. The lowest BCUT2D eigenvalue weighted by Gasteiger charge is -2.24. The second kappa shape index (κ2) is 5.50. The van der Waals surface area contributed by atoms with E-state index < -0.39 is 0 Å². The lowest BCUT2D eigenvalue weighted by molar-refractivity contribution is -0.385. The maximum absolute atomic E-state index is 11.0. The quantitative estimate of drug-likeness (QED) is 0.678. The van der Waals surface area contributed by atoms with Gasteiger partial charge in [0.2, 0.25) is 0 Å². The molecule has 2 atom stereocenters. The molecule has 108 valence electrons. The molecular weight excluding hydrogens is 254 g/mol. The van der Waals surface area contributed by atoms with Crippen molar-refractivity contribution in [1.82, 2.24) is 10.2 Å². The summed E-state index contributed by atoms with van der Waals surface area (Å²) in [7, 11) is 0.